The summed E-state index contributed by atoms with van der Waals surface area (Å²) in [7, 11) is 1.93. The van der Waals surface area contributed by atoms with Crippen LogP contribution in [0.5, 0.6) is 0 Å². The first kappa shape index (κ1) is 12.0. The van der Waals surface area contributed by atoms with E-state index in [2.05, 4.69) is 22.5 Å². The molecule has 0 spiro atoms. The van der Waals surface area contributed by atoms with Crippen molar-refractivity contribution in [3.8, 4) is 0 Å². The first-order chi connectivity index (χ1) is 8.08. The van der Waals surface area contributed by atoms with E-state index >= 15 is 0 Å². The van der Waals surface area contributed by atoms with E-state index in [4.69, 9.17) is 11.6 Å². The first-order valence-corrected chi connectivity index (χ1v) is 5.70. The Hall–Kier alpha value is -1.52. The third kappa shape index (κ3) is 2.60. The Morgan fingerprint density at radius 3 is 3.00 bits per heavy atom. The van der Waals surface area contributed by atoms with Crippen molar-refractivity contribution in [2.45, 2.75) is 13.3 Å². The lowest BCUT2D eigenvalue weighted by Crippen LogP contribution is -2.34. The first-order valence-electron chi connectivity index (χ1n) is 5.32. The van der Waals surface area contributed by atoms with Gasteiger partial charge in [-0.05, 0) is 36.1 Å². The fourth-order valence-corrected chi connectivity index (χ4v) is 1.92. The highest BCUT2D eigenvalue weighted by Gasteiger charge is 2.14. The molecule has 90 valence electrons. The second-order valence-electron chi connectivity index (χ2n) is 4.06. The van der Waals surface area contributed by atoms with E-state index in [9.17, 15) is 0 Å². The van der Waals surface area contributed by atoms with Crippen molar-refractivity contribution in [2.75, 3.05) is 7.05 Å². The second kappa shape index (κ2) is 4.77. The maximum atomic E-state index is 5.90. The SMILES string of the molecule is C=C(Cc1cc(Cl)ncc1C)C1=CNNN1C. The van der Waals surface area contributed by atoms with Gasteiger partial charge in [-0.2, -0.15) is 0 Å². The third-order valence-electron chi connectivity index (χ3n) is 2.75. The molecule has 0 aliphatic carbocycles. The molecule has 2 rings (SSSR count). The van der Waals surface area contributed by atoms with Crippen molar-refractivity contribution < 1.29 is 0 Å². The monoisotopic (exact) mass is 250 g/mol. The van der Waals surface area contributed by atoms with Crippen molar-refractivity contribution in [1.82, 2.24) is 21.0 Å². The molecule has 1 aromatic heterocycles. The summed E-state index contributed by atoms with van der Waals surface area (Å²) in [4.78, 5) is 4.05. The van der Waals surface area contributed by atoms with Crippen LogP contribution < -0.4 is 11.0 Å². The van der Waals surface area contributed by atoms with Gasteiger partial charge in [-0.15, -0.1) is 5.53 Å². The van der Waals surface area contributed by atoms with Gasteiger partial charge in [0.1, 0.15) is 5.15 Å². The number of rotatable bonds is 3. The lowest BCUT2D eigenvalue weighted by molar-refractivity contribution is 0.310. The smallest absolute Gasteiger partial charge is 0.129 e. The van der Waals surface area contributed by atoms with Crippen LogP contribution in [0, 0.1) is 6.92 Å². The predicted octanol–water partition coefficient (Wildman–Crippen LogP) is 1.94. The van der Waals surface area contributed by atoms with Gasteiger partial charge in [0, 0.05) is 19.4 Å². The molecule has 0 bridgehead atoms. The molecular weight excluding hydrogens is 236 g/mol. The Bertz CT molecular complexity index is 481. The molecule has 0 unspecified atom stereocenters. The van der Waals surface area contributed by atoms with Crippen molar-refractivity contribution in [1.29, 1.82) is 0 Å². The van der Waals surface area contributed by atoms with Crippen molar-refractivity contribution in [2.24, 2.45) is 0 Å². The molecule has 2 heterocycles. The number of hydrazine groups is 2. The number of halogens is 1. The Morgan fingerprint density at radius 1 is 1.59 bits per heavy atom. The van der Waals surface area contributed by atoms with Gasteiger partial charge in [-0.1, -0.05) is 18.2 Å². The van der Waals surface area contributed by atoms with Gasteiger partial charge in [0.2, 0.25) is 0 Å². The predicted molar refractivity (Wildman–Crippen MR) is 68.9 cm³/mol. The van der Waals surface area contributed by atoms with E-state index in [1.54, 1.807) is 6.20 Å². The van der Waals surface area contributed by atoms with Crippen LogP contribution in [-0.4, -0.2) is 17.0 Å². The standard InChI is InChI=1S/C12H15ClN4/c1-8(11-7-15-16-17(11)3)4-10-5-12(13)14-6-9(10)2/h5-7,15-16H,1,4H2,2-3H3. The van der Waals surface area contributed by atoms with Gasteiger partial charge in [0.05, 0.1) is 5.70 Å². The normalized spacial score (nSPS) is 14.5. The minimum Gasteiger partial charge on any atom is -0.309 e. The highest BCUT2D eigenvalue weighted by molar-refractivity contribution is 6.29. The molecule has 0 atom stereocenters. The summed E-state index contributed by atoms with van der Waals surface area (Å²) in [5, 5.41) is 2.41. The van der Waals surface area contributed by atoms with E-state index in [1.165, 1.54) is 0 Å². The van der Waals surface area contributed by atoms with Gasteiger partial charge in [0.15, 0.2) is 0 Å². The van der Waals surface area contributed by atoms with Crippen molar-refractivity contribution >= 4 is 11.6 Å². The molecule has 0 aromatic carbocycles. The van der Waals surface area contributed by atoms with Gasteiger partial charge in [-0.3, -0.25) is 5.01 Å². The Morgan fingerprint density at radius 2 is 2.35 bits per heavy atom. The fraction of sp³-hybridized carbons (Fsp3) is 0.250. The number of allylic oxidation sites excluding steroid dienone is 1. The summed E-state index contributed by atoms with van der Waals surface area (Å²) in [5.41, 5.74) is 10.2. The zero-order valence-corrected chi connectivity index (χ0v) is 10.7. The molecule has 5 heteroatoms. The molecule has 2 N–H and O–H groups in total. The third-order valence-corrected chi connectivity index (χ3v) is 2.96. The Kier molecular flexibility index (Phi) is 3.36. The van der Waals surface area contributed by atoms with Crippen LogP contribution in [0.4, 0.5) is 0 Å². The highest BCUT2D eigenvalue weighted by atomic mass is 35.5. The van der Waals surface area contributed by atoms with Crippen LogP contribution in [0.1, 0.15) is 11.1 Å². The number of hydrogen-bond donors (Lipinski definition) is 2. The number of nitrogens with one attached hydrogen (secondary N) is 2. The summed E-state index contributed by atoms with van der Waals surface area (Å²) >= 11 is 5.90. The number of aromatic nitrogens is 1. The minimum atomic E-state index is 0.517. The largest absolute Gasteiger partial charge is 0.309 e. The number of aryl methyl sites for hydroxylation is 1. The summed E-state index contributed by atoms with van der Waals surface area (Å²) in [5.74, 6) is 0. The molecule has 0 amide bonds. The minimum absolute atomic E-state index is 0.517. The zero-order chi connectivity index (χ0) is 12.4. The van der Waals surface area contributed by atoms with E-state index in [-0.39, 0.29) is 0 Å². The van der Waals surface area contributed by atoms with Gasteiger partial charge < -0.3 is 5.43 Å². The molecule has 0 fully saturated rings. The van der Waals surface area contributed by atoms with Crippen LogP contribution in [-0.2, 0) is 6.42 Å². The van der Waals surface area contributed by atoms with Gasteiger partial charge in [0.25, 0.3) is 0 Å². The molecule has 0 saturated carbocycles. The van der Waals surface area contributed by atoms with Crippen LogP contribution >= 0.6 is 11.6 Å². The van der Waals surface area contributed by atoms with Crippen LogP contribution in [0.15, 0.2) is 36.3 Å². The molecule has 4 nitrogen and oxygen atoms in total. The highest BCUT2D eigenvalue weighted by Crippen LogP contribution is 2.21. The Labute approximate surface area is 106 Å². The average molecular weight is 251 g/mol. The summed E-state index contributed by atoms with van der Waals surface area (Å²) < 4.78 is 0. The average Bonchev–Trinajstić information content (AvgIpc) is 2.70. The molecule has 1 aliphatic rings. The fourth-order valence-electron chi connectivity index (χ4n) is 1.74. The van der Waals surface area contributed by atoms with Crippen molar-refractivity contribution in [3.05, 3.63) is 52.6 Å². The summed E-state index contributed by atoms with van der Waals surface area (Å²) in [6.07, 6.45) is 4.43. The second-order valence-corrected chi connectivity index (χ2v) is 4.45. The zero-order valence-electron chi connectivity index (χ0n) is 9.92. The van der Waals surface area contributed by atoms with E-state index in [0.717, 1.165) is 28.8 Å². The quantitative estimate of drug-likeness (QED) is 0.805. The number of likely N-dealkylation sites (N-methyl/N-ethyl adjacent to an activating group) is 1. The maximum absolute atomic E-state index is 5.90. The Balaban J connectivity index is 2.16. The van der Waals surface area contributed by atoms with E-state index in [1.807, 2.05) is 31.2 Å². The molecule has 1 aromatic rings. The lowest BCUT2D eigenvalue weighted by atomic mass is 10.0. The van der Waals surface area contributed by atoms with E-state index in [0.29, 0.717) is 5.15 Å². The topological polar surface area (TPSA) is 40.2 Å². The number of nitrogens with zero attached hydrogens (tertiary/aromatic N) is 2. The van der Waals surface area contributed by atoms with Gasteiger partial charge in [-0.25, -0.2) is 4.98 Å². The summed E-state index contributed by atoms with van der Waals surface area (Å²) in [6, 6.07) is 1.89. The van der Waals surface area contributed by atoms with Crippen LogP contribution in [0.2, 0.25) is 5.15 Å². The summed E-state index contributed by atoms with van der Waals surface area (Å²) in [6.45, 7) is 6.12. The van der Waals surface area contributed by atoms with E-state index < -0.39 is 0 Å². The molecular formula is C12H15ClN4. The van der Waals surface area contributed by atoms with Gasteiger partial charge >= 0.3 is 0 Å². The van der Waals surface area contributed by atoms with Crippen LogP contribution in [0.25, 0.3) is 0 Å². The number of pyridine rings is 1. The molecule has 0 radical (unpaired) electrons. The molecule has 0 saturated heterocycles. The molecule has 17 heavy (non-hydrogen) atoms. The lowest BCUT2D eigenvalue weighted by Gasteiger charge is -2.17. The van der Waals surface area contributed by atoms with Crippen molar-refractivity contribution in [3.63, 3.8) is 0 Å². The maximum Gasteiger partial charge on any atom is 0.129 e. The van der Waals surface area contributed by atoms with Crippen LogP contribution in [0.3, 0.4) is 0 Å². The number of hydrogen-bond acceptors (Lipinski definition) is 4. The molecule has 1 aliphatic heterocycles.